The van der Waals surface area contributed by atoms with Crippen molar-refractivity contribution >= 4 is 29.3 Å². The summed E-state index contributed by atoms with van der Waals surface area (Å²) in [5.41, 5.74) is -2.10. The first kappa shape index (κ1) is 17.6. The van der Waals surface area contributed by atoms with Crippen molar-refractivity contribution < 1.29 is 33.9 Å². The molecule has 0 heterocycles. The number of carbonyl (C=O) groups excluding carboxylic acids is 2. The number of hydrogen-bond acceptors (Lipinski definition) is 8. The minimum Gasteiger partial charge on any atom is -0.477 e. The second-order valence-electron chi connectivity index (χ2n) is 3.96. The van der Waals surface area contributed by atoms with Crippen LogP contribution in [0.15, 0.2) is 30.0 Å². The number of para-hydroxylation sites is 1. The van der Waals surface area contributed by atoms with E-state index in [1.54, 1.807) is 0 Å². The molecule has 122 valence electrons. The van der Waals surface area contributed by atoms with Crippen molar-refractivity contribution in [2.75, 3.05) is 19.5 Å². The number of ether oxygens (including phenoxy) is 2. The van der Waals surface area contributed by atoms with Gasteiger partial charge in [-0.25, -0.2) is 14.4 Å². The van der Waals surface area contributed by atoms with E-state index in [9.17, 15) is 24.5 Å². The number of nitrogens with zero attached hydrogens (tertiary/aromatic N) is 1. The molecule has 0 spiro atoms. The van der Waals surface area contributed by atoms with Gasteiger partial charge in [0.2, 0.25) is 0 Å². The lowest BCUT2D eigenvalue weighted by Crippen LogP contribution is -2.17. The summed E-state index contributed by atoms with van der Waals surface area (Å²) < 4.78 is 8.81. The number of carboxylic acid groups (broad SMARTS) is 1. The number of carbonyl (C=O) groups is 3. The molecule has 0 amide bonds. The Balaban J connectivity index is 3.39. The van der Waals surface area contributed by atoms with Crippen LogP contribution in [0, 0.1) is 10.1 Å². The van der Waals surface area contributed by atoms with E-state index in [0.29, 0.717) is 0 Å². The SMILES string of the molecule is COC(=O)/C=C(/Nc1cccc(C(=O)O)c1[N+](=O)[O-])C(=O)OC. The second kappa shape index (κ2) is 7.54. The first-order valence-corrected chi connectivity index (χ1v) is 5.97. The molecule has 0 fully saturated rings. The Bertz CT molecular complexity index is 695. The van der Waals surface area contributed by atoms with E-state index < -0.39 is 39.8 Å². The Kier molecular flexibility index (Phi) is 5.78. The van der Waals surface area contributed by atoms with Gasteiger partial charge in [-0.05, 0) is 12.1 Å². The van der Waals surface area contributed by atoms with Crippen LogP contribution in [-0.2, 0) is 19.1 Å². The molecule has 0 bridgehead atoms. The molecule has 0 saturated carbocycles. The summed E-state index contributed by atoms with van der Waals surface area (Å²) in [5, 5.41) is 22.4. The van der Waals surface area contributed by atoms with Gasteiger partial charge in [0.25, 0.3) is 0 Å². The van der Waals surface area contributed by atoms with Gasteiger partial charge in [0.1, 0.15) is 16.9 Å². The third-order valence-corrected chi connectivity index (χ3v) is 2.59. The molecule has 0 radical (unpaired) electrons. The van der Waals surface area contributed by atoms with E-state index in [4.69, 9.17) is 5.11 Å². The van der Waals surface area contributed by atoms with Crippen LogP contribution in [0.3, 0.4) is 0 Å². The molecule has 0 aliphatic carbocycles. The van der Waals surface area contributed by atoms with E-state index in [-0.39, 0.29) is 5.69 Å². The number of methoxy groups -OCH3 is 2. The highest BCUT2D eigenvalue weighted by atomic mass is 16.6. The van der Waals surface area contributed by atoms with Crippen LogP contribution in [0.1, 0.15) is 10.4 Å². The quantitative estimate of drug-likeness (QED) is 0.338. The number of hydrogen-bond donors (Lipinski definition) is 2. The number of esters is 2. The highest BCUT2D eigenvalue weighted by Crippen LogP contribution is 2.29. The number of nitrogens with one attached hydrogen (secondary N) is 1. The molecule has 1 aromatic rings. The molecule has 0 aromatic heterocycles. The molecule has 10 nitrogen and oxygen atoms in total. The van der Waals surface area contributed by atoms with Gasteiger partial charge in [0, 0.05) is 0 Å². The van der Waals surface area contributed by atoms with Crippen molar-refractivity contribution in [3.8, 4) is 0 Å². The topological polar surface area (TPSA) is 145 Å². The van der Waals surface area contributed by atoms with E-state index >= 15 is 0 Å². The van der Waals surface area contributed by atoms with Crippen LogP contribution >= 0.6 is 0 Å². The Hall–Kier alpha value is -3.43. The minimum atomic E-state index is -1.52. The molecule has 23 heavy (non-hydrogen) atoms. The fourth-order valence-corrected chi connectivity index (χ4v) is 1.59. The average Bonchev–Trinajstić information content (AvgIpc) is 2.52. The predicted octanol–water partition coefficient (Wildman–Crippen LogP) is 0.935. The lowest BCUT2D eigenvalue weighted by Gasteiger charge is -2.10. The maximum Gasteiger partial charge on any atom is 0.354 e. The molecule has 0 aliphatic heterocycles. The van der Waals surface area contributed by atoms with Gasteiger partial charge in [-0.3, -0.25) is 10.1 Å². The smallest absolute Gasteiger partial charge is 0.354 e. The van der Waals surface area contributed by atoms with E-state index in [1.807, 2.05) is 0 Å². The van der Waals surface area contributed by atoms with Crippen LogP contribution in [0.4, 0.5) is 11.4 Å². The van der Waals surface area contributed by atoms with Gasteiger partial charge in [-0.15, -0.1) is 0 Å². The monoisotopic (exact) mass is 324 g/mol. The zero-order chi connectivity index (χ0) is 17.6. The first-order chi connectivity index (χ1) is 10.8. The third kappa shape index (κ3) is 4.27. The van der Waals surface area contributed by atoms with Crippen LogP contribution < -0.4 is 5.32 Å². The van der Waals surface area contributed by atoms with Gasteiger partial charge < -0.3 is 19.9 Å². The van der Waals surface area contributed by atoms with Gasteiger partial charge in [-0.1, -0.05) is 6.07 Å². The number of benzene rings is 1. The van der Waals surface area contributed by atoms with Crippen molar-refractivity contribution in [1.29, 1.82) is 0 Å². The van der Waals surface area contributed by atoms with Crippen molar-refractivity contribution in [3.63, 3.8) is 0 Å². The molecule has 1 aromatic carbocycles. The number of aromatic carboxylic acids is 1. The van der Waals surface area contributed by atoms with Crippen LogP contribution in [0.2, 0.25) is 0 Å². The molecule has 0 atom stereocenters. The zero-order valence-electron chi connectivity index (χ0n) is 12.1. The number of carboxylic acids is 1. The summed E-state index contributed by atoms with van der Waals surface area (Å²) in [7, 11) is 2.11. The zero-order valence-corrected chi connectivity index (χ0v) is 12.1. The van der Waals surface area contributed by atoms with Gasteiger partial charge in [0.15, 0.2) is 0 Å². The second-order valence-corrected chi connectivity index (χ2v) is 3.96. The lowest BCUT2D eigenvalue weighted by molar-refractivity contribution is -0.384. The van der Waals surface area contributed by atoms with Crippen molar-refractivity contribution in [1.82, 2.24) is 0 Å². The molecule has 10 heteroatoms. The molecule has 0 unspecified atom stereocenters. The number of nitro groups is 1. The number of rotatable bonds is 6. The number of anilines is 1. The highest BCUT2D eigenvalue weighted by Gasteiger charge is 2.26. The maximum atomic E-state index is 11.6. The average molecular weight is 324 g/mol. The highest BCUT2D eigenvalue weighted by molar-refractivity contribution is 6.01. The van der Waals surface area contributed by atoms with Gasteiger partial charge >= 0.3 is 23.6 Å². The summed E-state index contributed by atoms with van der Waals surface area (Å²) in [6.07, 6.45) is 0.725. The third-order valence-electron chi connectivity index (χ3n) is 2.59. The molecule has 1 rings (SSSR count). The largest absolute Gasteiger partial charge is 0.477 e. The van der Waals surface area contributed by atoms with Gasteiger partial charge in [0.05, 0.1) is 25.2 Å². The molecular weight excluding hydrogens is 312 g/mol. The van der Waals surface area contributed by atoms with E-state index in [1.165, 1.54) is 12.1 Å². The Morgan fingerprint density at radius 2 is 1.91 bits per heavy atom. The van der Waals surface area contributed by atoms with E-state index in [0.717, 1.165) is 26.4 Å². The fourth-order valence-electron chi connectivity index (χ4n) is 1.59. The van der Waals surface area contributed by atoms with Crippen molar-refractivity contribution in [2.24, 2.45) is 0 Å². The summed E-state index contributed by atoms with van der Waals surface area (Å²) in [6, 6.07) is 3.46. The molecule has 0 saturated heterocycles. The van der Waals surface area contributed by atoms with Crippen molar-refractivity contribution in [3.05, 3.63) is 45.6 Å². The van der Waals surface area contributed by atoms with Crippen LogP contribution in [0.25, 0.3) is 0 Å². The summed E-state index contributed by atoms with van der Waals surface area (Å²) in [4.78, 5) is 44.1. The molecule has 0 aliphatic rings. The predicted molar refractivity (Wildman–Crippen MR) is 75.8 cm³/mol. The Labute approximate surface area is 129 Å². The van der Waals surface area contributed by atoms with E-state index in [2.05, 4.69) is 14.8 Å². The van der Waals surface area contributed by atoms with Gasteiger partial charge in [-0.2, -0.15) is 0 Å². The number of nitro benzene ring substituents is 1. The molecule has 2 N–H and O–H groups in total. The minimum absolute atomic E-state index is 0.296. The summed E-state index contributed by atoms with van der Waals surface area (Å²) in [6.45, 7) is 0. The lowest BCUT2D eigenvalue weighted by atomic mass is 10.1. The summed E-state index contributed by atoms with van der Waals surface area (Å²) in [5.74, 6) is -3.42. The standard InChI is InChI=1S/C13H12N2O8/c1-22-10(16)6-9(13(19)23-2)14-8-5-3-4-7(12(17)18)11(8)15(20)21/h3-6,14H,1-2H3,(H,17,18)/b9-6+. The van der Waals surface area contributed by atoms with Crippen molar-refractivity contribution in [2.45, 2.75) is 0 Å². The molecular formula is C13H12N2O8. The van der Waals surface area contributed by atoms with Crippen LogP contribution in [-0.4, -0.2) is 42.2 Å². The Morgan fingerprint density at radius 1 is 1.26 bits per heavy atom. The van der Waals surface area contributed by atoms with Crippen LogP contribution in [0.5, 0.6) is 0 Å². The normalized spacial score (nSPS) is 10.6. The fraction of sp³-hybridized carbons (Fsp3) is 0.154. The first-order valence-electron chi connectivity index (χ1n) is 5.97. The Morgan fingerprint density at radius 3 is 2.39 bits per heavy atom. The maximum absolute atomic E-state index is 11.6. The summed E-state index contributed by atoms with van der Waals surface area (Å²) >= 11 is 0.